The number of hydrogen-bond donors (Lipinski definition) is 2. The van der Waals surface area contributed by atoms with E-state index in [4.69, 9.17) is 10.8 Å². The zero-order valence-corrected chi connectivity index (χ0v) is 10.0. The summed E-state index contributed by atoms with van der Waals surface area (Å²) >= 11 is 1.78. The summed E-state index contributed by atoms with van der Waals surface area (Å²) in [4.78, 5) is 10.9. The van der Waals surface area contributed by atoms with Crippen molar-refractivity contribution in [2.75, 3.05) is 18.1 Å². The van der Waals surface area contributed by atoms with Crippen LogP contribution in [0.2, 0.25) is 0 Å². The summed E-state index contributed by atoms with van der Waals surface area (Å²) in [5, 5.41) is 16.4. The van der Waals surface area contributed by atoms with Gasteiger partial charge in [-0.3, -0.25) is 0 Å². The minimum atomic E-state index is -1.04. The first-order valence-corrected chi connectivity index (χ1v) is 6.29. The smallest absolute Gasteiger partial charge is 0.358 e. The van der Waals surface area contributed by atoms with Crippen LogP contribution in [0.4, 0.5) is 0 Å². The molecule has 0 radical (unpaired) electrons. The van der Waals surface area contributed by atoms with Crippen LogP contribution in [-0.2, 0) is 13.0 Å². The highest BCUT2D eigenvalue weighted by Crippen LogP contribution is 2.08. The molecular weight excluding hydrogens is 228 g/mol. The van der Waals surface area contributed by atoms with Gasteiger partial charge < -0.3 is 10.8 Å². The van der Waals surface area contributed by atoms with Crippen LogP contribution in [0.15, 0.2) is 0 Å². The van der Waals surface area contributed by atoms with Crippen LogP contribution in [0.5, 0.6) is 0 Å². The van der Waals surface area contributed by atoms with Gasteiger partial charge in [-0.15, -0.1) is 5.10 Å². The summed E-state index contributed by atoms with van der Waals surface area (Å²) < 4.78 is 1.64. The fourth-order valence-electron chi connectivity index (χ4n) is 1.36. The zero-order chi connectivity index (χ0) is 12.0. The summed E-state index contributed by atoms with van der Waals surface area (Å²) in [6.45, 7) is 3.15. The van der Waals surface area contributed by atoms with Crippen LogP contribution in [0.25, 0.3) is 0 Å². The Morgan fingerprint density at radius 2 is 2.38 bits per heavy atom. The van der Waals surface area contributed by atoms with E-state index in [1.54, 1.807) is 16.4 Å². The van der Waals surface area contributed by atoms with Gasteiger partial charge in [0.05, 0.1) is 12.2 Å². The number of rotatable bonds is 7. The van der Waals surface area contributed by atoms with E-state index in [0.29, 0.717) is 25.2 Å². The fraction of sp³-hybridized carbons (Fsp3) is 0.667. The molecule has 1 heterocycles. The number of aromatic carboxylic acids is 1. The number of nitrogens with zero attached hydrogens (tertiary/aromatic N) is 3. The molecule has 1 rings (SSSR count). The Balaban J connectivity index is 2.78. The van der Waals surface area contributed by atoms with Gasteiger partial charge in [0.25, 0.3) is 0 Å². The minimum absolute atomic E-state index is 0.0203. The van der Waals surface area contributed by atoms with Crippen molar-refractivity contribution >= 4 is 17.7 Å². The van der Waals surface area contributed by atoms with E-state index in [0.717, 1.165) is 11.5 Å². The van der Waals surface area contributed by atoms with E-state index in [-0.39, 0.29) is 5.69 Å². The fourth-order valence-corrected chi connectivity index (χ4v) is 1.95. The number of aromatic nitrogens is 3. The number of carbonyl (C=O) groups is 1. The zero-order valence-electron chi connectivity index (χ0n) is 9.22. The molecule has 0 aromatic carbocycles. The van der Waals surface area contributed by atoms with E-state index in [2.05, 4.69) is 17.2 Å². The van der Waals surface area contributed by atoms with Crippen molar-refractivity contribution in [3.8, 4) is 0 Å². The summed E-state index contributed by atoms with van der Waals surface area (Å²) in [6, 6.07) is 0. The summed E-state index contributed by atoms with van der Waals surface area (Å²) in [5.74, 6) is 0.890. The van der Waals surface area contributed by atoms with Crippen LogP contribution in [-0.4, -0.2) is 44.1 Å². The van der Waals surface area contributed by atoms with E-state index in [1.165, 1.54) is 0 Å². The maximum atomic E-state index is 10.9. The molecule has 0 saturated carbocycles. The van der Waals surface area contributed by atoms with E-state index < -0.39 is 5.97 Å². The maximum absolute atomic E-state index is 10.9. The molecule has 16 heavy (non-hydrogen) atoms. The molecule has 1 aromatic heterocycles. The van der Waals surface area contributed by atoms with Gasteiger partial charge in [-0.05, 0) is 12.3 Å². The molecule has 0 aliphatic carbocycles. The van der Waals surface area contributed by atoms with Gasteiger partial charge in [0.1, 0.15) is 0 Å². The first-order chi connectivity index (χ1) is 7.70. The van der Waals surface area contributed by atoms with Gasteiger partial charge in [0, 0.05) is 12.2 Å². The molecule has 0 bridgehead atoms. The number of hydrogen-bond acceptors (Lipinski definition) is 5. The lowest BCUT2D eigenvalue weighted by molar-refractivity contribution is 0.0689. The average Bonchev–Trinajstić information content (AvgIpc) is 2.63. The molecule has 0 atom stereocenters. The first-order valence-electron chi connectivity index (χ1n) is 5.14. The van der Waals surface area contributed by atoms with Crippen molar-refractivity contribution in [1.82, 2.24) is 15.0 Å². The van der Waals surface area contributed by atoms with Crippen molar-refractivity contribution in [1.29, 1.82) is 0 Å². The number of carboxylic acids is 1. The molecular formula is C9H16N4O2S. The van der Waals surface area contributed by atoms with Gasteiger partial charge in [0.15, 0.2) is 5.69 Å². The van der Waals surface area contributed by atoms with Crippen molar-refractivity contribution < 1.29 is 9.90 Å². The predicted molar refractivity (Wildman–Crippen MR) is 62.7 cm³/mol. The Morgan fingerprint density at radius 3 is 2.94 bits per heavy atom. The topological polar surface area (TPSA) is 94.0 Å². The summed E-state index contributed by atoms with van der Waals surface area (Å²) in [5.41, 5.74) is 6.08. The second-order valence-corrected chi connectivity index (χ2v) is 4.54. The SMILES string of the molecule is CCSCCn1nnc(C(=O)O)c1CCN. The number of nitrogens with two attached hydrogens (primary N) is 1. The lowest BCUT2D eigenvalue weighted by Gasteiger charge is -2.05. The van der Waals surface area contributed by atoms with Crippen molar-refractivity contribution in [3.05, 3.63) is 11.4 Å². The largest absolute Gasteiger partial charge is 0.476 e. The predicted octanol–water partition coefficient (Wildman–Crippen LogP) is 0.231. The molecule has 3 N–H and O–H groups in total. The van der Waals surface area contributed by atoms with Crippen LogP contribution in [0.1, 0.15) is 23.1 Å². The van der Waals surface area contributed by atoms with Crippen LogP contribution in [0.3, 0.4) is 0 Å². The summed E-state index contributed by atoms with van der Waals surface area (Å²) in [7, 11) is 0. The molecule has 6 nitrogen and oxygen atoms in total. The average molecular weight is 244 g/mol. The van der Waals surface area contributed by atoms with E-state index in [9.17, 15) is 4.79 Å². The molecule has 0 amide bonds. The third-order valence-electron chi connectivity index (χ3n) is 2.07. The van der Waals surface area contributed by atoms with Crippen molar-refractivity contribution in [2.45, 2.75) is 19.9 Å². The minimum Gasteiger partial charge on any atom is -0.476 e. The highest BCUT2D eigenvalue weighted by atomic mass is 32.2. The Kier molecular flexibility index (Phi) is 5.27. The highest BCUT2D eigenvalue weighted by Gasteiger charge is 2.17. The molecule has 0 saturated heterocycles. The van der Waals surface area contributed by atoms with Gasteiger partial charge in [-0.1, -0.05) is 12.1 Å². The Bertz CT molecular complexity index is 353. The maximum Gasteiger partial charge on any atom is 0.358 e. The molecule has 0 spiro atoms. The van der Waals surface area contributed by atoms with E-state index >= 15 is 0 Å². The quantitative estimate of drug-likeness (QED) is 0.667. The van der Waals surface area contributed by atoms with Crippen LogP contribution < -0.4 is 5.73 Å². The standard InChI is InChI=1S/C9H16N4O2S/c1-2-16-6-5-13-7(3-4-10)8(9(14)15)11-12-13/h2-6,10H2,1H3,(H,14,15). The normalized spacial score (nSPS) is 10.6. The van der Waals surface area contributed by atoms with Gasteiger partial charge in [-0.2, -0.15) is 11.8 Å². The summed E-state index contributed by atoms with van der Waals surface area (Å²) in [6.07, 6.45) is 0.491. The molecule has 1 aromatic rings. The van der Waals surface area contributed by atoms with Crippen molar-refractivity contribution in [3.63, 3.8) is 0 Å². The lowest BCUT2D eigenvalue weighted by atomic mass is 10.2. The van der Waals surface area contributed by atoms with Crippen molar-refractivity contribution in [2.24, 2.45) is 5.73 Å². The van der Waals surface area contributed by atoms with E-state index in [1.807, 2.05) is 0 Å². The third-order valence-corrected chi connectivity index (χ3v) is 2.95. The molecule has 0 fully saturated rings. The van der Waals surface area contributed by atoms with Crippen LogP contribution >= 0.6 is 11.8 Å². The monoisotopic (exact) mass is 244 g/mol. The second kappa shape index (κ2) is 6.49. The molecule has 90 valence electrons. The third kappa shape index (κ3) is 3.21. The van der Waals surface area contributed by atoms with Crippen LogP contribution in [0, 0.1) is 0 Å². The molecule has 0 aliphatic rings. The van der Waals surface area contributed by atoms with Gasteiger partial charge in [0.2, 0.25) is 0 Å². The molecule has 7 heteroatoms. The second-order valence-electron chi connectivity index (χ2n) is 3.15. The Labute approximate surface area is 98.2 Å². The Hall–Kier alpha value is -1.08. The number of aryl methyl sites for hydroxylation is 1. The Morgan fingerprint density at radius 1 is 1.62 bits per heavy atom. The van der Waals surface area contributed by atoms with Gasteiger partial charge >= 0.3 is 5.97 Å². The molecule has 0 aliphatic heterocycles. The first kappa shape index (κ1) is 13.0. The number of thioether (sulfide) groups is 1. The highest BCUT2D eigenvalue weighted by molar-refractivity contribution is 7.99. The number of carboxylic acid groups (broad SMARTS) is 1. The van der Waals surface area contributed by atoms with Gasteiger partial charge in [-0.25, -0.2) is 9.48 Å². The lowest BCUT2D eigenvalue weighted by Crippen LogP contribution is -2.14. The molecule has 0 unspecified atom stereocenters.